The van der Waals surface area contributed by atoms with Crippen molar-refractivity contribution in [3.63, 3.8) is 0 Å². The number of benzene rings is 4. The lowest BCUT2D eigenvalue weighted by Crippen LogP contribution is -2.15. The quantitative estimate of drug-likeness (QED) is 0.124. The molecule has 8 aromatic rings. The maximum Gasteiger partial charge on any atom is 0.151 e. The third-order valence-electron chi connectivity index (χ3n) is 8.63. The monoisotopic (exact) mass is 972 g/mol. The van der Waals surface area contributed by atoms with Crippen molar-refractivity contribution in [1.82, 2.24) is 19.9 Å². The predicted molar refractivity (Wildman–Crippen MR) is 253 cm³/mol. The summed E-state index contributed by atoms with van der Waals surface area (Å²) in [4.78, 5) is 26.7. The van der Waals surface area contributed by atoms with E-state index in [2.05, 4.69) is 25.3 Å². The molecule has 1 atom stereocenters. The molecule has 5 N–H and O–H groups in total. The summed E-state index contributed by atoms with van der Waals surface area (Å²) in [5.41, 5.74) is 9.78. The molecule has 0 fully saturated rings. The first-order valence-electron chi connectivity index (χ1n) is 17.7. The Morgan fingerprint density at radius 2 is 1.18 bits per heavy atom. The van der Waals surface area contributed by atoms with E-state index in [-0.39, 0.29) is 11.5 Å². The average Bonchev–Trinajstić information content (AvgIpc) is 3.23. The number of nitrogens with one attached hydrogen (secondary N) is 1. The van der Waals surface area contributed by atoms with E-state index in [0.717, 1.165) is 16.5 Å². The summed E-state index contributed by atoms with van der Waals surface area (Å²) in [6.45, 7) is 3.75. The third kappa shape index (κ3) is 12.4. The van der Waals surface area contributed by atoms with Crippen molar-refractivity contribution in [3.05, 3.63) is 184 Å². The predicted octanol–water partition coefficient (Wildman–Crippen LogP) is 14.5. The fraction of sp³-hybridized carbons (Fsp3) is 0.0682. The molecule has 4 aromatic heterocycles. The van der Waals surface area contributed by atoms with Crippen LogP contribution in [0.4, 0.5) is 11.6 Å². The number of aromatic nitrogens is 4. The lowest BCUT2D eigenvalue weighted by Gasteiger charge is -2.24. The Bertz CT molecular complexity index is 2810. The summed E-state index contributed by atoms with van der Waals surface area (Å²) in [5, 5.41) is 29.3. The molecule has 312 valence electrons. The molecule has 0 aliphatic heterocycles. The van der Waals surface area contributed by atoms with Gasteiger partial charge >= 0.3 is 0 Å². The van der Waals surface area contributed by atoms with Crippen LogP contribution in [0.15, 0.2) is 116 Å². The van der Waals surface area contributed by atoms with E-state index >= 15 is 0 Å². The summed E-state index contributed by atoms with van der Waals surface area (Å²) in [6.07, 6.45) is 7.00. The number of fused-ring (bicyclic) bond motifs is 2. The van der Waals surface area contributed by atoms with Crippen molar-refractivity contribution in [2.75, 3.05) is 11.1 Å². The number of rotatable bonds is 5. The van der Waals surface area contributed by atoms with Crippen LogP contribution < -0.4 is 11.1 Å². The molecule has 4 heterocycles. The van der Waals surface area contributed by atoms with Crippen LogP contribution in [0.3, 0.4) is 0 Å². The summed E-state index contributed by atoms with van der Waals surface area (Å²) in [6, 6.07) is 25.0. The van der Waals surface area contributed by atoms with Crippen LogP contribution in [-0.2, 0) is 0 Å². The van der Waals surface area contributed by atoms with Gasteiger partial charge in [-0.25, -0.2) is 9.97 Å². The molecule has 0 amide bonds. The number of nitrogens with zero attached hydrogens (tertiary/aromatic N) is 4. The highest BCUT2D eigenvalue weighted by Gasteiger charge is 2.25. The van der Waals surface area contributed by atoms with E-state index < -0.39 is 6.04 Å². The maximum absolute atomic E-state index is 11.1. The van der Waals surface area contributed by atoms with E-state index in [1.807, 2.05) is 19.9 Å². The molecule has 0 spiro atoms. The first kappa shape index (κ1) is 47.2. The number of phenolic OH excluding ortho intramolecular Hbond substituents is 2. The minimum Gasteiger partial charge on any atom is -0.506 e. The molecule has 0 saturated heterocycles. The number of hydrogen-bond donors (Lipinski definition) is 4. The SMILES string of the molecule is Cc1cc(Cl)cnc1N.Cc1cc(Cl)cnc1NC(c1ccc(Cl)cc1Cl)c1cc(Cl)c2cccnc2c1O.O=Cc1ccc(Cl)cc1Cl.Oc1ccc(Cl)c2cccnc12. The number of aryl methyl sites for hydroxylation is 2. The number of aldehydes is 1. The van der Waals surface area contributed by atoms with Gasteiger partial charge in [-0.05, 0) is 115 Å². The number of nitrogens with two attached hydrogens (primary N) is 1. The maximum atomic E-state index is 11.1. The third-order valence-corrected chi connectivity index (χ3v) is 10.8. The molecule has 9 nitrogen and oxygen atoms in total. The summed E-state index contributed by atoms with van der Waals surface area (Å²) in [7, 11) is 0. The number of phenols is 2. The summed E-state index contributed by atoms with van der Waals surface area (Å²) >= 11 is 47.8. The molecule has 17 heteroatoms. The van der Waals surface area contributed by atoms with Crippen molar-refractivity contribution >= 4 is 133 Å². The first-order valence-corrected chi connectivity index (χ1v) is 20.7. The van der Waals surface area contributed by atoms with Gasteiger partial charge in [0.05, 0.1) is 31.2 Å². The van der Waals surface area contributed by atoms with Crippen LogP contribution in [0.2, 0.25) is 40.2 Å². The van der Waals surface area contributed by atoms with Gasteiger partial charge in [0.1, 0.15) is 34.2 Å². The molecule has 8 rings (SSSR count). The summed E-state index contributed by atoms with van der Waals surface area (Å²) in [5.74, 6) is 1.30. The van der Waals surface area contributed by atoms with Crippen LogP contribution in [0.25, 0.3) is 21.8 Å². The molecule has 0 radical (unpaired) electrons. The fourth-order valence-electron chi connectivity index (χ4n) is 5.58. The van der Waals surface area contributed by atoms with E-state index in [4.69, 9.17) is 98.5 Å². The lowest BCUT2D eigenvalue weighted by atomic mass is 9.96. The normalized spacial score (nSPS) is 11.0. The van der Waals surface area contributed by atoms with Crippen LogP contribution >= 0.6 is 92.8 Å². The molecular weight excluding hydrogens is 944 g/mol. The van der Waals surface area contributed by atoms with Gasteiger partial charge in [-0.1, -0.05) is 98.9 Å². The molecule has 0 saturated carbocycles. The molecular formula is C44H32Cl8N6O3. The number of nitrogen functional groups attached to an aromatic ring is 1. The van der Waals surface area contributed by atoms with Crippen LogP contribution in [-0.4, -0.2) is 36.4 Å². The minimum atomic E-state index is -0.578. The van der Waals surface area contributed by atoms with E-state index in [1.165, 1.54) is 18.3 Å². The van der Waals surface area contributed by atoms with Crippen LogP contribution in [0.5, 0.6) is 11.5 Å². The number of anilines is 2. The Morgan fingerprint density at radius 1 is 0.590 bits per heavy atom. The molecule has 0 aliphatic carbocycles. The Labute approximate surface area is 391 Å². The van der Waals surface area contributed by atoms with Gasteiger partial charge in [-0.15, -0.1) is 0 Å². The Balaban J connectivity index is 0.000000184. The van der Waals surface area contributed by atoms with Gasteiger partial charge in [-0.3, -0.25) is 14.8 Å². The highest BCUT2D eigenvalue weighted by atomic mass is 35.5. The number of carbonyl (C=O) groups is 1. The number of halogens is 8. The topological polar surface area (TPSA) is 147 Å². The molecule has 1 unspecified atom stereocenters. The number of aromatic hydroxyl groups is 2. The van der Waals surface area contributed by atoms with Crippen molar-refractivity contribution in [2.45, 2.75) is 19.9 Å². The van der Waals surface area contributed by atoms with Crippen molar-refractivity contribution in [3.8, 4) is 11.5 Å². The van der Waals surface area contributed by atoms with Gasteiger partial charge < -0.3 is 21.3 Å². The minimum absolute atomic E-state index is 0.00475. The van der Waals surface area contributed by atoms with E-state index in [0.29, 0.717) is 91.2 Å². The number of carbonyl (C=O) groups excluding carboxylic acids is 1. The van der Waals surface area contributed by atoms with Gasteiger partial charge in [0.15, 0.2) is 6.29 Å². The van der Waals surface area contributed by atoms with E-state index in [1.54, 1.807) is 91.4 Å². The van der Waals surface area contributed by atoms with Crippen LogP contribution in [0.1, 0.15) is 38.7 Å². The fourth-order valence-corrected chi connectivity index (χ4v) is 7.47. The van der Waals surface area contributed by atoms with Gasteiger partial charge in [0.2, 0.25) is 0 Å². The Hall–Kier alpha value is -4.81. The second-order valence-corrected chi connectivity index (χ2v) is 16.2. The summed E-state index contributed by atoms with van der Waals surface area (Å²) < 4.78 is 0. The average molecular weight is 976 g/mol. The molecule has 4 aromatic carbocycles. The largest absolute Gasteiger partial charge is 0.506 e. The van der Waals surface area contributed by atoms with Crippen molar-refractivity contribution < 1.29 is 15.0 Å². The lowest BCUT2D eigenvalue weighted by molar-refractivity contribution is 0.112. The molecule has 0 aliphatic rings. The zero-order valence-corrected chi connectivity index (χ0v) is 37.9. The number of pyridine rings is 4. The van der Waals surface area contributed by atoms with Crippen molar-refractivity contribution in [2.24, 2.45) is 0 Å². The van der Waals surface area contributed by atoms with E-state index in [9.17, 15) is 15.0 Å². The standard InChI is InChI=1S/C22H15Cl4N3O.C9H6ClNO.C7H4Cl2O.C6H7ClN2/c1-11-7-13(24)10-28-22(11)29-19(15-5-4-12(23)8-17(15)25)16-9-18(26)14-3-2-6-27-20(14)21(16)30;10-7-3-4-8(12)9-6(7)2-1-5-11-9;8-6-2-1-5(4-10)7(9)3-6;1-4-2-5(7)3-9-6(4)8/h2-10,19,30H,1H3,(H,28,29);1-5,12H;1-4H;2-3H,1H3,(H2,8,9). The van der Waals surface area contributed by atoms with Crippen LogP contribution in [0, 0.1) is 13.8 Å². The zero-order chi connectivity index (χ0) is 44.4. The first-order chi connectivity index (χ1) is 29.1. The van der Waals surface area contributed by atoms with Crippen molar-refractivity contribution in [1.29, 1.82) is 0 Å². The second kappa shape index (κ2) is 21.8. The Morgan fingerprint density at radius 3 is 1.75 bits per heavy atom. The second-order valence-electron chi connectivity index (χ2n) is 12.9. The molecule has 61 heavy (non-hydrogen) atoms. The zero-order valence-electron chi connectivity index (χ0n) is 31.8. The highest BCUT2D eigenvalue weighted by Crippen LogP contribution is 2.42. The smallest absolute Gasteiger partial charge is 0.151 e. The van der Waals surface area contributed by atoms with Gasteiger partial charge in [0, 0.05) is 61.8 Å². The van der Waals surface area contributed by atoms with Gasteiger partial charge in [-0.2, -0.15) is 0 Å². The Kier molecular flexibility index (Phi) is 16.9. The molecule has 0 bridgehead atoms. The number of hydrogen-bond acceptors (Lipinski definition) is 9. The highest BCUT2D eigenvalue weighted by molar-refractivity contribution is 6.37. The van der Waals surface area contributed by atoms with Gasteiger partial charge in [0.25, 0.3) is 0 Å².